The standard InChI is InChI=1S/C23H18N6O3S/c1-13-19(22(30)26-15-4-2-8-24-11-15)20(14-6-7-16-17(10-14)32-12-31-16)29-23(25-13)27-21(28-29)18-5-3-9-33-18/h2-11,20H,12H2,1H3,(H,26,30)(H,25,27,28). The van der Waals surface area contributed by atoms with Crippen LogP contribution in [0.25, 0.3) is 10.7 Å². The summed E-state index contributed by atoms with van der Waals surface area (Å²) in [6.07, 6.45) is 3.26. The van der Waals surface area contributed by atoms with Crippen molar-refractivity contribution in [1.82, 2.24) is 19.7 Å². The van der Waals surface area contributed by atoms with Gasteiger partial charge in [-0.1, -0.05) is 12.1 Å². The minimum Gasteiger partial charge on any atom is -0.454 e. The largest absolute Gasteiger partial charge is 0.454 e. The highest BCUT2D eigenvalue weighted by atomic mass is 32.1. The number of anilines is 2. The molecule has 4 aromatic rings. The van der Waals surface area contributed by atoms with Gasteiger partial charge in [0, 0.05) is 11.9 Å². The predicted molar refractivity (Wildman–Crippen MR) is 123 cm³/mol. The van der Waals surface area contributed by atoms with E-state index in [1.165, 1.54) is 0 Å². The number of amides is 1. The summed E-state index contributed by atoms with van der Waals surface area (Å²) >= 11 is 1.56. The van der Waals surface area contributed by atoms with E-state index in [0.717, 1.165) is 10.4 Å². The van der Waals surface area contributed by atoms with Crippen LogP contribution in [0.3, 0.4) is 0 Å². The zero-order valence-electron chi connectivity index (χ0n) is 17.5. The van der Waals surface area contributed by atoms with E-state index in [9.17, 15) is 4.79 Å². The second-order valence-electron chi connectivity index (χ2n) is 7.56. The zero-order valence-corrected chi connectivity index (χ0v) is 18.3. The van der Waals surface area contributed by atoms with Crippen LogP contribution in [0.2, 0.25) is 0 Å². The molecule has 164 valence electrons. The third-order valence-corrected chi connectivity index (χ3v) is 6.34. The third-order valence-electron chi connectivity index (χ3n) is 5.47. The van der Waals surface area contributed by atoms with Gasteiger partial charge in [0.05, 0.1) is 22.3 Å². The van der Waals surface area contributed by atoms with Crippen LogP contribution in [-0.2, 0) is 4.79 Å². The molecule has 2 N–H and O–H groups in total. The third kappa shape index (κ3) is 3.40. The van der Waals surface area contributed by atoms with Crippen molar-refractivity contribution in [2.45, 2.75) is 13.0 Å². The number of pyridine rings is 1. The van der Waals surface area contributed by atoms with Crippen LogP contribution in [0.4, 0.5) is 11.6 Å². The summed E-state index contributed by atoms with van der Waals surface area (Å²) in [5, 5.41) is 13.0. The minimum absolute atomic E-state index is 0.172. The number of carbonyl (C=O) groups excluding carboxylic acids is 1. The molecule has 0 spiro atoms. The summed E-state index contributed by atoms with van der Waals surface area (Å²) in [4.78, 5) is 23.2. The Morgan fingerprint density at radius 2 is 2.12 bits per heavy atom. The van der Waals surface area contributed by atoms with Crippen LogP contribution in [0, 0.1) is 0 Å². The first-order valence-corrected chi connectivity index (χ1v) is 11.1. The number of thiophene rings is 1. The maximum atomic E-state index is 13.5. The van der Waals surface area contributed by atoms with Crippen molar-refractivity contribution in [2.24, 2.45) is 0 Å². The number of carbonyl (C=O) groups is 1. The van der Waals surface area contributed by atoms with Gasteiger partial charge in [0.15, 0.2) is 17.3 Å². The number of benzene rings is 1. The molecule has 1 aromatic carbocycles. The Morgan fingerprint density at radius 1 is 1.21 bits per heavy atom. The highest BCUT2D eigenvalue weighted by molar-refractivity contribution is 7.13. The normalized spacial score (nSPS) is 16.3. The Bertz CT molecular complexity index is 1380. The average Bonchev–Trinajstić information content (AvgIpc) is 3.58. The number of hydrogen-bond acceptors (Lipinski definition) is 8. The number of nitrogens with one attached hydrogen (secondary N) is 2. The summed E-state index contributed by atoms with van der Waals surface area (Å²) < 4.78 is 12.8. The Morgan fingerprint density at radius 3 is 2.94 bits per heavy atom. The van der Waals surface area contributed by atoms with Crippen LogP contribution >= 0.6 is 11.3 Å². The Labute approximate surface area is 192 Å². The lowest BCUT2D eigenvalue weighted by atomic mass is 9.94. The summed E-state index contributed by atoms with van der Waals surface area (Å²) in [6.45, 7) is 2.03. The molecule has 2 aliphatic heterocycles. The molecule has 2 aliphatic rings. The molecule has 33 heavy (non-hydrogen) atoms. The molecule has 10 heteroatoms. The summed E-state index contributed by atoms with van der Waals surface area (Å²) in [5.41, 5.74) is 2.65. The fourth-order valence-corrected chi connectivity index (χ4v) is 4.63. The molecule has 1 amide bonds. The van der Waals surface area contributed by atoms with Crippen LogP contribution in [0.15, 0.2) is 71.5 Å². The van der Waals surface area contributed by atoms with Crippen molar-refractivity contribution in [3.63, 3.8) is 0 Å². The summed E-state index contributed by atoms with van der Waals surface area (Å²) in [5.74, 6) is 2.22. The molecule has 0 bridgehead atoms. The monoisotopic (exact) mass is 458 g/mol. The van der Waals surface area contributed by atoms with E-state index in [2.05, 4.69) is 20.6 Å². The number of allylic oxidation sites excluding steroid dienone is 1. The molecule has 3 aromatic heterocycles. The first-order chi connectivity index (χ1) is 16.2. The molecule has 0 radical (unpaired) electrons. The van der Waals surface area contributed by atoms with Gasteiger partial charge in [0.1, 0.15) is 6.04 Å². The first kappa shape index (κ1) is 19.5. The van der Waals surface area contributed by atoms with Gasteiger partial charge in [-0.15, -0.1) is 16.4 Å². The summed E-state index contributed by atoms with van der Waals surface area (Å²) in [6, 6.07) is 12.6. The Hall–Kier alpha value is -4.18. The number of hydrogen-bond donors (Lipinski definition) is 2. The fourth-order valence-electron chi connectivity index (χ4n) is 3.98. The van der Waals surface area contributed by atoms with E-state index in [-0.39, 0.29) is 12.7 Å². The number of nitrogens with zero attached hydrogens (tertiary/aromatic N) is 4. The lowest BCUT2D eigenvalue weighted by Crippen LogP contribution is -2.31. The van der Waals surface area contributed by atoms with E-state index in [1.807, 2.05) is 42.6 Å². The van der Waals surface area contributed by atoms with Gasteiger partial charge < -0.3 is 20.1 Å². The van der Waals surface area contributed by atoms with E-state index < -0.39 is 6.04 Å². The van der Waals surface area contributed by atoms with Crippen molar-refractivity contribution in [3.8, 4) is 22.2 Å². The lowest BCUT2D eigenvalue weighted by molar-refractivity contribution is -0.113. The minimum atomic E-state index is -0.520. The molecule has 1 unspecified atom stereocenters. The fraction of sp³-hybridized carbons (Fsp3) is 0.130. The van der Waals surface area contributed by atoms with Crippen molar-refractivity contribution in [1.29, 1.82) is 0 Å². The molecule has 9 nitrogen and oxygen atoms in total. The highest BCUT2D eigenvalue weighted by Crippen LogP contribution is 2.41. The molecular formula is C23H18N6O3S. The van der Waals surface area contributed by atoms with Gasteiger partial charge in [0.25, 0.3) is 5.91 Å². The van der Waals surface area contributed by atoms with Gasteiger partial charge in [0.2, 0.25) is 12.7 Å². The van der Waals surface area contributed by atoms with Gasteiger partial charge >= 0.3 is 0 Å². The molecular weight excluding hydrogens is 440 g/mol. The number of fused-ring (bicyclic) bond motifs is 2. The van der Waals surface area contributed by atoms with Gasteiger partial charge in [-0.25, -0.2) is 4.68 Å². The second-order valence-corrected chi connectivity index (χ2v) is 8.50. The van der Waals surface area contributed by atoms with Crippen LogP contribution in [0.5, 0.6) is 11.5 Å². The molecule has 0 fully saturated rings. The maximum Gasteiger partial charge on any atom is 0.255 e. The summed E-state index contributed by atoms with van der Waals surface area (Å²) in [7, 11) is 0. The Balaban J connectivity index is 1.47. The average molecular weight is 459 g/mol. The number of rotatable bonds is 4. The topological polar surface area (TPSA) is 103 Å². The smallest absolute Gasteiger partial charge is 0.255 e. The van der Waals surface area contributed by atoms with Gasteiger partial charge in [-0.2, -0.15) is 4.98 Å². The molecule has 0 aliphatic carbocycles. The number of ether oxygens (including phenoxy) is 2. The van der Waals surface area contributed by atoms with Crippen LogP contribution < -0.4 is 20.1 Å². The van der Waals surface area contributed by atoms with Crippen molar-refractivity contribution in [2.75, 3.05) is 17.4 Å². The molecule has 0 saturated heterocycles. The number of aromatic nitrogens is 4. The highest BCUT2D eigenvalue weighted by Gasteiger charge is 2.35. The Kier molecular flexibility index (Phi) is 4.58. The van der Waals surface area contributed by atoms with E-state index in [0.29, 0.717) is 40.2 Å². The van der Waals surface area contributed by atoms with Gasteiger partial charge in [-0.05, 0) is 48.2 Å². The predicted octanol–water partition coefficient (Wildman–Crippen LogP) is 4.06. The van der Waals surface area contributed by atoms with Crippen LogP contribution in [-0.4, -0.2) is 32.4 Å². The van der Waals surface area contributed by atoms with E-state index >= 15 is 0 Å². The maximum absolute atomic E-state index is 13.5. The first-order valence-electron chi connectivity index (χ1n) is 10.3. The van der Waals surface area contributed by atoms with E-state index in [1.54, 1.807) is 40.5 Å². The molecule has 1 atom stereocenters. The van der Waals surface area contributed by atoms with Gasteiger partial charge in [-0.3, -0.25) is 9.78 Å². The molecule has 5 heterocycles. The SMILES string of the molecule is CC1=C(C(=O)Nc2cccnc2)C(c2ccc3c(c2)OCO3)n2nc(-c3cccs3)nc2N1. The lowest BCUT2D eigenvalue weighted by Gasteiger charge is -2.28. The van der Waals surface area contributed by atoms with E-state index in [4.69, 9.17) is 14.6 Å². The molecule has 0 saturated carbocycles. The second kappa shape index (κ2) is 7.75. The quantitative estimate of drug-likeness (QED) is 0.475. The van der Waals surface area contributed by atoms with Crippen LogP contribution in [0.1, 0.15) is 18.5 Å². The van der Waals surface area contributed by atoms with Crippen molar-refractivity contribution in [3.05, 3.63) is 77.1 Å². The van der Waals surface area contributed by atoms with Crippen molar-refractivity contribution < 1.29 is 14.3 Å². The molecule has 6 rings (SSSR count). The van der Waals surface area contributed by atoms with Crippen molar-refractivity contribution >= 4 is 28.9 Å². The zero-order chi connectivity index (χ0) is 22.4.